The zero-order valence-electron chi connectivity index (χ0n) is 11.3. The Morgan fingerprint density at radius 2 is 2.05 bits per heavy atom. The van der Waals surface area contributed by atoms with Crippen LogP contribution in [-0.2, 0) is 16.6 Å². The molecule has 19 heavy (non-hydrogen) atoms. The topological polar surface area (TPSA) is 58.6 Å². The molecule has 1 aromatic carbocycles. The van der Waals surface area contributed by atoms with Gasteiger partial charge in [-0.05, 0) is 37.7 Å². The maximum absolute atomic E-state index is 11.7. The first-order chi connectivity index (χ1) is 9.05. The average Bonchev–Trinajstić information content (AvgIpc) is 2.89. The van der Waals surface area contributed by atoms with Crippen molar-refractivity contribution in [3.8, 4) is 5.75 Å². The number of methoxy groups -OCH3 is 1. The molecule has 1 atom stereocenters. The van der Waals surface area contributed by atoms with Gasteiger partial charge in [-0.25, -0.2) is 13.1 Å². The van der Waals surface area contributed by atoms with E-state index < -0.39 is 10.0 Å². The standard InChI is InChI=1S/C13H20N2O3S/c1-14-19(16,17)13-7-8-15(10-13)9-11-3-5-12(18-2)6-4-11/h3-6,13-14H,7-10H2,1-2H3/t13-/m1/s1. The van der Waals surface area contributed by atoms with Gasteiger partial charge in [-0.3, -0.25) is 4.90 Å². The van der Waals surface area contributed by atoms with Crippen molar-refractivity contribution in [1.29, 1.82) is 0 Å². The van der Waals surface area contributed by atoms with Gasteiger partial charge in [-0.15, -0.1) is 0 Å². The molecule has 0 unspecified atom stereocenters. The predicted molar refractivity (Wildman–Crippen MR) is 74.7 cm³/mol. The van der Waals surface area contributed by atoms with Crippen LogP contribution in [0.3, 0.4) is 0 Å². The van der Waals surface area contributed by atoms with Gasteiger partial charge in [-0.1, -0.05) is 12.1 Å². The smallest absolute Gasteiger partial charge is 0.215 e. The van der Waals surface area contributed by atoms with E-state index in [0.717, 1.165) is 18.8 Å². The first-order valence-corrected chi connectivity index (χ1v) is 7.87. The summed E-state index contributed by atoms with van der Waals surface area (Å²) in [6, 6.07) is 7.87. The molecule has 6 heteroatoms. The molecule has 0 bridgehead atoms. The van der Waals surface area contributed by atoms with Gasteiger partial charge in [0.15, 0.2) is 0 Å². The van der Waals surface area contributed by atoms with E-state index in [9.17, 15) is 8.42 Å². The minimum Gasteiger partial charge on any atom is -0.497 e. The highest BCUT2D eigenvalue weighted by Crippen LogP contribution is 2.19. The summed E-state index contributed by atoms with van der Waals surface area (Å²) < 4.78 is 31.0. The minimum atomic E-state index is -3.15. The quantitative estimate of drug-likeness (QED) is 0.869. The van der Waals surface area contributed by atoms with E-state index in [1.807, 2.05) is 24.3 Å². The fourth-order valence-electron chi connectivity index (χ4n) is 2.35. The second-order valence-electron chi connectivity index (χ2n) is 4.74. The van der Waals surface area contributed by atoms with E-state index in [2.05, 4.69) is 9.62 Å². The van der Waals surface area contributed by atoms with Crippen molar-refractivity contribution in [1.82, 2.24) is 9.62 Å². The Bertz CT molecular complexity index is 513. The molecule has 1 N–H and O–H groups in total. The lowest BCUT2D eigenvalue weighted by atomic mass is 10.2. The van der Waals surface area contributed by atoms with Gasteiger partial charge in [0.2, 0.25) is 10.0 Å². The van der Waals surface area contributed by atoms with E-state index >= 15 is 0 Å². The van der Waals surface area contributed by atoms with Crippen LogP contribution in [-0.4, -0.2) is 45.8 Å². The molecule has 1 aliphatic rings. The Balaban J connectivity index is 1.94. The number of nitrogens with zero attached hydrogens (tertiary/aromatic N) is 1. The van der Waals surface area contributed by atoms with Gasteiger partial charge >= 0.3 is 0 Å². The summed E-state index contributed by atoms with van der Waals surface area (Å²) in [6.45, 7) is 2.19. The maximum Gasteiger partial charge on any atom is 0.215 e. The van der Waals surface area contributed by atoms with Crippen LogP contribution >= 0.6 is 0 Å². The summed E-state index contributed by atoms with van der Waals surface area (Å²) in [4.78, 5) is 2.17. The summed E-state index contributed by atoms with van der Waals surface area (Å²) in [5.41, 5.74) is 1.17. The van der Waals surface area contributed by atoms with Crippen LogP contribution in [0.25, 0.3) is 0 Å². The largest absolute Gasteiger partial charge is 0.497 e. The Hall–Kier alpha value is -1.11. The Kier molecular flexibility index (Phi) is 4.44. The summed E-state index contributed by atoms with van der Waals surface area (Å²) in [7, 11) is -0.0302. The monoisotopic (exact) mass is 284 g/mol. The van der Waals surface area contributed by atoms with Crippen LogP contribution in [0, 0.1) is 0 Å². The predicted octanol–water partition coefficient (Wildman–Crippen LogP) is 0.819. The Morgan fingerprint density at radius 3 is 2.63 bits per heavy atom. The third-order valence-electron chi connectivity index (χ3n) is 3.52. The van der Waals surface area contributed by atoms with Crippen molar-refractivity contribution in [2.75, 3.05) is 27.2 Å². The number of rotatable bonds is 5. The number of nitrogens with one attached hydrogen (secondary N) is 1. The van der Waals surface area contributed by atoms with Crippen molar-refractivity contribution in [2.24, 2.45) is 0 Å². The van der Waals surface area contributed by atoms with Gasteiger partial charge in [0.1, 0.15) is 5.75 Å². The molecule has 0 saturated carbocycles. The van der Waals surface area contributed by atoms with Crippen LogP contribution in [0.5, 0.6) is 5.75 Å². The molecule has 1 fully saturated rings. The fraction of sp³-hybridized carbons (Fsp3) is 0.538. The highest BCUT2D eigenvalue weighted by molar-refractivity contribution is 7.90. The van der Waals surface area contributed by atoms with Crippen molar-refractivity contribution < 1.29 is 13.2 Å². The zero-order valence-corrected chi connectivity index (χ0v) is 12.1. The molecule has 5 nitrogen and oxygen atoms in total. The second-order valence-corrected chi connectivity index (χ2v) is 6.91. The molecular weight excluding hydrogens is 264 g/mol. The Morgan fingerprint density at radius 1 is 1.37 bits per heavy atom. The molecule has 0 amide bonds. The third kappa shape index (κ3) is 3.46. The zero-order chi connectivity index (χ0) is 13.9. The normalized spacial score (nSPS) is 20.6. The first-order valence-electron chi connectivity index (χ1n) is 6.33. The van der Waals surface area contributed by atoms with Crippen molar-refractivity contribution in [3.05, 3.63) is 29.8 Å². The number of hydrogen-bond donors (Lipinski definition) is 1. The summed E-state index contributed by atoms with van der Waals surface area (Å²) in [6.07, 6.45) is 0.694. The molecule has 106 valence electrons. The van der Waals surface area contributed by atoms with Crippen molar-refractivity contribution in [3.63, 3.8) is 0 Å². The number of hydrogen-bond acceptors (Lipinski definition) is 4. The number of sulfonamides is 1. The highest BCUT2D eigenvalue weighted by Gasteiger charge is 2.31. The lowest BCUT2D eigenvalue weighted by Gasteiger charge is -2.16. The van der Waals surface area contributed by atoms with Crippen LogP contribution in [0.15, 0.2) is 24.3 Å². The van der Waals surface area contributed by atoms with Gasteiger partial charge in [0.05, 0.1) is 12.4 Å². The lowest BCUT2D eigenvalue weighted by Crippen LogP contribution is -2.34. The summed E-state index contributed by atoms with van der Waals surface area (Å²) in [5.74, 6) is 0.834. The molecule has 1 saturated heterocycles. The van der Waals surface area contributed by atoms with E-state index in [4.69, 9.17) is 4.74 Å². The molecule has 0 spiro atoms. The SMILES string of the molecule is CNS(=O)(=O)[C@@H]1CCN(Cc2ccc(OC)cc2)C1. The molecule has 2 rings (SSSR count). The number of ether oxygens (including phenoxy) is 1. The highest BCUT2D eigenvalue weighted by atomic mass is 32.2. The third-order valence-corrected chi connectivity index (χ3v) is 5.35. The van der Waals surface area contributed by atoms with Gasteiger partial charge in [0.25, 0.3) is 0 Å². The van der Waals surface area contributed by atoms with Crippen LogP contribution in [0.4, 0.5) is 0 Å². The molecule has 0 radical (unpaired) electrons. The van der Waals surface area contributed by atoms with Crippen LogP contribution in [0.1, 0.15) is 12.0 Å². The van der Waals surface area contributed by atoms with Crippen molar-refractivity contribution in [2.45, 2.75) is 18.2 Å². The van der Waals surface area contributed by atoms with Gasteiger partial charge in [-0.2, -0.15) is 0 Å². The maximum atomic E-state index is 11.7. The number of benzene rings is 1. The summed E-state index contributed by atoms with van der Waals surface area (Å²) in [5, 5.41) is -0.296. The van der Waals surface area contributed by atoms with Crippen molar-refractivity contribution >= 4 is 10.0 Å². The molecule has 1 aliphatic heterocycles. The minimum absolute atomic E-state index is 0.296. The van der Waals surface area contributed by atoms with Gasteiger partial charge < -0.3 is 4.74 Å². The molecule has 1 aromatic rings. The van der Waals surface area contributed by atoms with E-state index in [0.29, 0.717) is 13.0 Å². The van der Waals surface area contributed by atoms with E-state index in [1.165, 1.54) is 12.6 Å². The van der Waals surface area contributed by atoms with Crippen LogP contribution < -0.4 is 9.46 Å². The lowest BCUT2D eigenvalue weighted by molar-refractivity contribution is 0.331. The average molecular weight is 284 g/mol. The molecule has 0 aliphatic carbocycles. The molecule has 0 aromatic heterocycles. The first kappa shape index (κ1) is 14.3. The number of likely N-dealkylation sites (tertiary alicyclic amines) is 1. The van der Waals surface area contributed by atoms with Crippen LogP contribution in [0.2, 0.25) is 0 Å². The van der Waals surface area contributed by atoms with E-state index in [1.54, 1.807) is 7.11 Å². The Labute approximate surface area is 114 Å². The second kappa shape index (κ2) is 5.90. The van der Waals surface area contributed by atoms with E-state index in [-0.39, 0.29) is 5.25 Å². The summed E-state index contributed by atoms with van der Waals surface area (Å²) >= 11 is 0. The molecule has 1 heterocycles. The molecular formula is C13H20N2O3S. The van der Waals surface area contributed by atoms with Gasteiger partial charge in [0, 0.05) is 13.1 Å². The fourth-order valence-corrected chi connectivity index (χ4v) is 3.51.